The second kappa shape index (κ2) is 5.82. The third-order valence-corrected chi connectivity index (χ3v) is 3.09. The van der Waals surface area contributed by atoms with E-state index in [9.17, 15) is 4.79 Å². The molecule has 1 aromatic rings. The predicted octanol–water partition coefficient (Wildman–Crippen LogP) is 2.42. The van der Waals surface area contributed by atoms with E-state index in [1.54, 1.807) is 7.11 Å². The molecule has 0 aliphatic carbocycles. The molecule has 1 unspecified atom stereocenters. The van der Waals surface area contributed by atoms with E-state index in [-0.39, 0.29) is 17.6 Å². The summed E-state index contributed by atoms with van der Waals surface area (Å²) in [4.78, 5) is 12.3. The molecule has 0 fully saturated rings. The van der Waals surface area contributed by atoms with E-state index in [2.05, 4.69) is 0 Å². The zero-order valence-electron chi connectivity index (χ0n) is 11.0. The SMILES string of the molecule is COc1ccc(C(=O)C(CN)C(C)C)c(C)c1. The van der Waals surface area contributed by atoms with Crippen LogP contribution in [0.1, 0.15) is 29.8 Å². The molecule has 3 nitrogen and oxygen atoms in total. The van der Waals surface area contributed by atoms with Gasteiger partial charge in [-0.1, -0.05) is 13.8 Å². The zero-order valence-corrected chi connectivity index (χ0v) is 11.0. The van der Waals surface area contributed by atoms with Crippen LogP contribution in [0.5, 0.6) is 5.75 Å². The zero-order chi connectivity index (χ0) is 13.0. The molecule has 0 amide bonds. The molecular weight excluding hydrogens is 214 g/mol. The van der Waals surface area contributed by atoms with Gasteiger partial charge in [-0.2, -0.15) is 0 Å². The fourth-order valence-electron chi connectivity index (χ4n) is 1.92. The summed E-state index contributed by atoms with van der Waals surface area (Å²) in [5.74, 6) is 1.05. The topological polar surface area (TPSA) is 52.3 Å². The van der Waals surface area contributed by atoms with E-state index in [1.807, 2.05) is 39.0 Å². The number of carbonyl (C=O) groups is 1. The summed E-state index contributed by atoms with van der Waals surface area (Å²) in [6.07, 6.45) is 0. The maximum absolute atomic E-state index is 12.3. The highest BCUT2D eigenvalue weighted by molar-refractivity contribution is 5.99. The summed E-state index contributed by atoms with van der Waals surface area (Å²) in [7, 11) is 1.62. The van der Waals surface area contributed by atoms with Gasteiger partial charge in [0.25, 0.3) is 0 Å². The second-order valence-electron chi connectivity index (χ2n) is 4.63. The molecule has 1 aromatic carbocycles. The van der Waals surface area contributed by atoms with Gasteiger partial charge in [0.05, 0.1) is 7.11 Å². The van der Waals surface area contributed by atoms with Crippen molar-refractivity contribution < 1.29 is 9.53 Å². The van der Waals surface area contributed by atoms with Crippen molar-refractivity contribution in [1.29, 1.82) is 0 Å². The number of rotatable bonds is 5. The van der Waals surface area contributed by atoms with Gasteiger partial charge in [0.1, 0.15) is 5.75 Å². The Morgan fingerprint density at radius 2 is 2.06 bits per heavy atom. The number of hydrogen-bond acceptors (Lipinski definition) is 3. The van der Waals surface area contributed by atoms with Gasteiger partial charge in [-0.05, 0) is 36.6 Å². The normalized spacial score (nSPS) is 12.6. The fraction of sp³-hybridized carbons (Fsp3) is 0.500. The fourth-order valence-corrected chi connectivity index (χ4v) is 1.92. The highest BCUT2D eigenvalue weighted by Gasteiger charge is 2.23. The summed E-state index contributed by atoms with van der Waals surface area (Å²) in [5.41, 5.74) is 7.36. The van der Waals surface area contributed by atoms with E-state index in [0.29, 0.717) is 6.54 Å². The number of methoxy groups -OCH3 is 1. The van der Waals surface area contributed by atoms with Gasteiger partial charge < -0.3 is 10.5 Å². The Balaban J connectivity index is 3.03. The summed E-state index contributed by atoms with van der Waals surface area (Å²) in [5, 5.41) is 0. The predicted molar refractivity (Wildman–Crippen MR) is 69.4 cm³/mol. The summed E-state index contributed by atoms with van der Waals surface area (Å²) in [6.45, 7) is 6.36. The molecule has 0 heterocycles. The molecule has 2 N–H and O–H groups in total. The average Bonchev–Trinajstić information content (AvgIpc) is 2.28. The van der Waals surface area contributed by atoms with Crippen molar-refractivity contribution in [2.75, 3.05) is 13.7 Å². The Bertz CT molecular complexity index is 399. The first-order valence-corrected chi connectivity index (χ1v) is 5.90. The van der Waals surface area contributed by atoms with Crippen molar-refractivity contribution in [2.45, 2.75) is 20.8 Å². The minimum absolute atomic E-state index is 0.109. The van der Waals surface area contributed by atoms with Crippen LogP contribution in [0.4, 0.5) is 0 Å². The Morgan fingerprint density at radius 3 is 2.47 bits per heavy atom. The molecule has 1 rings (SSSR count). The first-order valence-electron chi connectivity index (χ1n) is 5.90. The van der Waals surface area contributed by atoms with Crippen LogP contribution in [0, 0.1) is 18.8 Å². The lowest BCUT2D eigenvalue weighted by atomic mass is 9.86. The van der Waals surface area contributed by atoms with Crippen LogP contribution < -0.4 is 10.5 Å². The van der Waals surface area contributed by atoms with Gasteiger partial charge in [-0.25, -0.2) is 0 Å². The van der Waals surface area contributed by atoms with Crippen molar-refractivity contribution in [2.24, 2.45) is 17.6 Å². The van der Waals surface area contributed by atoms with Crippen LogP contribution >= 0.6 is 0 Å². The molecule has 1 atom stereocenters. The smallest absolute Gasteiger partial charge is 0.167 e. The molecule has 0 spiro atoms. The third kappa shape index (κ3) is 3.07. The van der Waals surface area contributed by atoms with Crippen LogP contribution in [0.25, 0.3) is 0 Å². The number of Topliss-reactive ketones (excluding diaryl/α,β-unsaturated/α-hetero) is 1. The van der Waals surface area contributed by atoms with Crippen molar-refractivity contribution in [1.82, 2.24) is 0 Å². The molecule has 0 aliphatic heterocycles. The van der Waals surface area contributed by atoms with Gasteiger partial charge in [-0.3, -0.25) is 4.79 Å². The molecule has 0 saturated carbocycles. The lowest BCUT2D eigenvalue weighted by Crippen LogP contribution is -2.28. The van der Waals surface area contributed by atoms with E-state index in [0.717, 1.165) is 16.9 Å². The minimum atomic E-state index is -0.109. The molecule has 0 saturated heterocycles. The number of nitrogens with two attached hydrogens (primary N) is 1. The van der Waals surface area contributed by atoms with E-state index < -0.39 is 0 Å². The minimum Gasteiger partial charge on any atom is -0.497 e. The van der Waals surface area contributed by atoms with Crippen LogP contribution in [0.15, 0.2) is 18.2 Å². The maximum Gasteiger partial charge on any atom is 0.167 e. The van der Waals surface area contributed by atoms with Gasteiger partial charge >= 0.3 is 0 Å². The van der Waals surface area contributed by atoms with E-state index >= 15 is 0 Å². The summed E-state index contributed by atoms with van der Waals surface area (Å²) >= 11 is 0. The van der Waals surface area contributed by atoms with Crippen molar-refractivity contribution >= 4 is 5.78 Å². The number of hydrogen-bond donors (Lipinski definition) is 1. The van der Waals surface area contributed by atoms with Gasteiger partial charge in [0.2, 0.25) is 0 Å². The lowest BCUT2D eigenvalue weighted by molar-refractivity contribution is 0.0891. The van der Waals surface area contributed by atoms with Crippen molar-refractivity contribution in [3.05, 3.63) is 29.3 Å². The molecule has 17 heavy (non-hydrogen) atoms. The molecule has 3 heteroatoms. The Kier molecular flexibility index (Phi) is 4.70. The molecule has 94 valence electrons. The Labute approximate surface area is 103 Å². The number of carbonyl (C=O) groups excluding carboxylic acids is 1. The second-order valence-corrected chi connectivity index (χ2v) is 4.63. The first-order chi connectivity index (χ1) is 8.01. The monoisotopic (exact) mass is 235 g/mol. The maximum atomic E-state index is 12.3. The molecule has 0 radical (unpaired) electrons. The van der Waals surface area contributed by atoms with Crippen molar-refractivity contribution in [3.8, 4) is 5.75 Å². The number of benzene rings is 1. The number of aryl methyl sites for hydroxylation is 1. The molecular formula is C14H21NO2. The Hall–Kier alpha value is -1.35. The van der Waals surface area contributed by atoms with Crippen LogP contribution in [-0.2, 0) is 0 Å². The molecule has 0 aromatic heterocycles. The molecule has 0 aliphatic rings. The number of ether oxygens (including phenoxy) is 1. The third-order valence-electron chi connectivity index (χ3n) is 3.09. The van der Waals surface area contributed by atoms with Gasteiger partial charge in [-0.15, -0.1) is 0 Å². The highest BCUT2D eigenvalue weighted by atomic mass is 16.5. The van der Waals surface area contributed by atoms with Crippen LogP contribution in [0.2, 0.25) is 0 Å². The first kappa shape index (κ1) is 13.7. The van der Waals surface area contributed by atoms with Crippen molar-refractivity contribution in [3.63, 3.8) is 0 Å². The quantitative estimate of drug-likeness (QED) is 0.797. The van der Waals surface area contributed by atoms with Crippen LogP contribution in [-0.4, -0.2) is 19.4 Å². The lowest BCUT2D eigenvalue weighted by Gasteiger charge is -2.18. The van der Waals surface area contributed by atoms with Gasteiger partial charge in [0.15, 0.2) is 5.78 Å². The average molecular weight is 235 g/mol. The van der Waals surface area contributed by atoms with Crippen LogP contribution in [0.3, 0.4) is 0 Å². The summed E-state index contributed by atoms with van der Waals surface area (Å²) in [6, 6.07) is 5.51. The summed E-state index contributed by atoms with van der Waals surface area (Å²) < 4.78 is 5.13. The van der Waals surface area contributed by atoms with E-state index in [1.165, 1.54) is 0 Å². The van der Waals surface area contributed by atoms with E-state index in [4.69, 9.17) is 10.5 Å². The molecule has 0 bridgehead atoms. The number of ketones is 1. The largest absolute Gasteiger partial charge is 0.497 e. The highest BCUT2D eigenvalue weighted by Crippen LogP contribution is 2.22. The standard InChI is InChI=1S/C14H21NO2/c1-9(2)13(8-15)14(16)12-6-5-11(17-4)7-10(12)3/h5-7,9,13H,8,15H2,1-4H3. The Morgan fingerprint density at radius 1 is 1.41 bits per heavy atom. The van der Waals surface area contributed by atoms with Gasteiger partial charge in [0, 0.05) is 18.0 Å².